The van der Waals surface area contributed by atoms with Gasteiger partial charge in [0.1, 0.15) is 16.7 Å². The number of hydrogen-bond donors (Lipinski definition) is 0. The second-order valence-electron chi connectivity index (χ2n) is 9.76. The first kappa shape index (κ1) is 24.3. The molecule has 1 aliphatic rings. The number of nitrogens with zero attached hydrogens (tertiary/aromatic N) is 2. The summed E-state index contributed by atoms with van der Waals surface area (Å²) in [6.45, 7) is 6.19. The maximum absolute atomic E-state index is 13.7. The summed E-state index contributed by atoms with van der Waals surface area (Å²) in [5.41, 5.74) is 2.79. The molecular formula is C28H30N2O5S. The van der Waals surface area contributed by atoms with Gasteiger partial charge in [-0.15, -0.1) is 11.3 Å². The Morgan fingerprint density at radius 1 is 1.14 bits per heavy atom. The zero-order chi connectivity index (χ0) is 25.4. The second kappa shape index (κ2) is 9.93. The summed E-state index contributed by atoms with van der Waals surface area (Å²) in [4.78, 5) is 33.9. The van der Waals surface area contributed by atoms with Gasteiger partial charge in [-0.25, -0.2) is 9.78 Å². The average molecular weight is 507 g/mol. The number of methoxy groups -OCH3 is 1. The van der Waals surface area contributed by atoms with E-state index < -0.39 is 5.97 Å². The van der Waals surface area contributed by atoms with Crippen molar-refractivity contribution in [1.29, 1.82) is 0 Å². The van der Waals surface area contributed by atoms with Crippen molar-refractivity contribution in [3.8, 4) is 22.1 Å². The highest BCUT2D eigenvalue weighted by molar-refractivity contribution is 7.18. The Balaban J connectivity index is 1.50. The zero-order valence-corrected chi connectivity index (χ0v) is 21.8. The maximum Gasteiger partial charge on any atom is 0.350 e. The quantitative estimate of drug-likeness (QED) is 0.258. The largest absolute Gasteiger partial charge is 0.465 e. The standard InChI is InChI=1S/C28H30N2O5S/c1-16(2)30(27(31)18-11-9-17(3)10-12-18)21-14-24(36-25(21)28(32)33-4)19-13-23(34-15-19)26-29-20-7-5-6-8-22(20)35-26/h5-8,13-18H,9-12H2,1-4H3/t17-,18-. The van der Waals surface area contributed by atoms with Crippen LogP contribution in [0.2, 0.25) is 0 Å². The van der Waals surface area contributed by atoms with E-state index in [1.165, 1.54) is 18.4 Å². The molecule has 1 saturated carbocycles. The molecule has 1 fully saturated rings. The van der Waals surface area contributed by atoms with Crippen molar-refractivity contribution >= 4 is 40.0 Å². The monoisotopic (exact) mass is 506 g/mol. The Bertz CT molecular complexity index is 1360. The third-order valence-corrected chi connectivity index (χ3v) is 8.00. The van der Waals surface area contributed by atoms with Crippen LogP contribution in [0.1, 0.15) is 56.1 Å². The van der Waals surface area contributed by atoms with E-state index in [9.17, 15) is 9.59 Å². The van der Waals surface area contributed by atoms with E-state index in [4.69, 9.17) is 13.6 Å². The maximum atomic E-state index is 13.7. The molecule has 0 bridgehead atoms. The first-order valence-electron chi connectivity index (χ1n) is 12.4. The van der Waals surface area contributed by atoms with Gasteiger partial charge in [-0.3, -0.25) is 4.79 Å². The van der Waals surface area contributed by atoms with Gasteiger partial charge in [0.05, 0.1) is 12.8 Å². The Kier molecular flexibility index (Phi) is 6.71. The van der Waals surface area contributed by atoms with E-state index in [0.29, 0.717) is 33.7 Å². The van der Waals surface area contributed by atoms with Crippen LogP contribution in [-0.2, 0) is 9.53 Å². The number of oxazole rings is 1. The van der Waals surface area contributed by atoms with Gasteiger partial charge in [0.2, 0.25) is 5.91 Å². The SMILES string of the molecule is COC(=O)c1sc(-c2coc(-c3nc4ccccc4o3)c2)cc1N(C(=O)[C@H]1CC[C@H](C)CC1)C(C)C. The number of furan rings is 1. The molecule has 4 aromatic rings. The van der Waals surface area contributed by atoms with Crippen LogP contribution in [0.15, 0.2) is 51.5 Å². The van der Waals surface area contributed by atoms with Crippen LogP contribution < -0.4 is 4.90 Å². The van der Waals surface area contributed by atoms with Crippen molar-refractivity contribution in [2.75, 3.05) is 12.0 Å². The summed E-state index contributed by atoms with van der Waals surface area (Å²) in [6, 6.07) is 11.1. The molecule has 8 heteroatoms. The molecule has 0 N–H and O–H groups in total. The van der Waals surface area contributed by atoms with E-state index in [1.54, 1.807) is 11.2 Å². The molecule has 0 radical (unpaired) electrons. The molecule has 1 aliphatic carbocycles. The van der Waals surface area contributed by atoms with Gasteiger partial charge < -0.3 is 18.5 Å². The Labute approximate surface area is 214 Å². The molecule has 188 valence electrons. The highest BCUT2D eigenvalue weighted by Gasteiger charge is 2.34. The first-order valence-corrected chi connectivity index (χ1v) is 13.2. The van der Waals surface area contributed by atoms with Gasteiger partial charge in [0, 0.05) is 22.4 Å². The van der Waals surface area contributed by atoms with Gasteiger partial charge in [-0.1, -0.05) is 19.1 Å². The fourth-order valence-corrected chi connectivity index (χ4v) is 5.90. The Morgan fingerprint density at radius 3 is 2.58 bits per heavy atom. The molecule has 3 heterocycles. The van der Waals surface area contributed by atoms with E-state index in [2.05, 4.69) is 11.9 Å². The zero-order valence-electron chi connectivity index (χ0n) is 20.9. The topological polar surface area (TPSA) is 85.8 Å². The number of aromatic nitrogens is 1. The summed E-state index contributed by atoms with van der Waals surface area (Å²) < 4.78 is 16.7. The lowest BCUT2D eigenvalue weighted by Gasteiger charge is -2.33. The number of hydrogen-bond acceptors (Lipinski definition) is 7. The highest BCUT2D eigenvalue weighted by atomic mass is 32.1. The molecule has 0 atom stereocenters. The fourth-order valence-electron chi connectivity index (χ4n) is 4.85. The summed E-state index contributed by atoms with van der Waals surface area (Å²) in [6.07, 6.45) is 5.47. The van der Waals surface area contributed by atoms with E-state index in [0.717, 1.165) is 41.6 Å². The number of fused-ring (bicyclic) bond motifs is 1. The number of anilines is 1. The van der Waals surface area contributed by atoms with Gasteiger partial charge >= 0.3 is 5.97 Å². The lowest BCUT2D eigenvalue weighted by molar-refractivity contribution is -0.123. The normalized spacial score (nSPS) is 18.0. The van der Waals surface area contributed by atoms with Crippen LogP contribution in [0.25, 0.3) is 33.2 Å². The number of para-hydroxylation sites is 2. The van der Waals surface area contributed by atoms with Gasteiger partial charge in [0.15, 0.2) is 11.3 Å². The smallest absolute Gasteiger partial charge is 0.350 e. The lowest BCUT2D eigenvalue weighted by Crippen LogP contribution is -2.42. The minimum Gasteiger partial charge on any atom is -0.465 e. The van der Waals surface area contributed by atoms with Crippen LogP contribution in [0.5, 0.6) is 0 Å². The highest BCUT2D eigenvalue weighted by Crippen LogP contribution is 2.41. The van der Waals surface area contributed by atoms with Crippen LogP contribution >= 0.6 is 11.3 Å². The van der Waals surface area contributed by atoms with Crippen molar-refractivity contribution in [2.45, 2.75) is 52.5 Å². The predicted octanol–water partition coefficient (Wildman–Crippen LogP) is 7.17. The Hall–Kier alpha value is -3.39. The molecule has 1 aromatic carbocycles. The number of benzene rings is 1. The molecule has 0 unspecified atom stereocenters. The minimum atomic E-state index is -0.459. The summed E-state index contributed by atoms with van der Waals surface area (Å²) in [5.74, 6) is 1.11. The van der Waals surface area contributed by atoms with Crippen LogP contribution in [0, 0.1) is 11.8 Å². The first-order chi connectivity index (χ1) is 17.4. The lowest BCUT2D eigenvalue weighted by atomic mass is 9.82. The molecular weight excluding hydrogens is 476 g/mol. The number of carbonyl (C=O) groups is 2. The van der Waals surface area contributed by atoms with E-state index in [1.807, 2.05) is 50.2 Å². The molecule has 0 aliphatic heterocycles. The number of carbonyl (C=O) groups excluding carboxylic acids is 2. The van der Waals surface area contributed by atoms with Crippen LogP contribution in [-0.4, -0.2) is 30.0 Å². The minimum absolute atomic E-state index is 0.0304. The average Bonchev–Trinajstić information content (AvgIpc) is 3.61. The molecule has 36 heavy (non-hydrogen) atoms. The number of thiophene rings is 1. The molecule has 5 rings (SSSR count). The van der Waals surface area contributed by atoms with Gasteiger partial charge in [-0.05, 0) is 69.7 Å². The van der Waals surface area contributed by atoms with Crippen LogP contribution in [0.4, 0.5) is 5.69 Å². The molecule has 7 nitrogen and oxygen atoms in total. The molecule has 0 spiro atoms. The molecule has 1 amide bonds. The van der Waals surface area contributed by atoms with Crippen molar-refractivity contribution < 1.29 is 23.2 Å². The van der Waals surface area contributed by atoms with Crippen molar-refractivity contribution in [2.24, 2.45) is 11.8 Å². The molecule has 3 aromatic heterocycles. The predicted molar refractivity (Wildman–Crippen MR) is 140 cm³/mol. The van der Waals surface area contributed by atoms with Gasteiger partial charge in [-0.2, -0.15) is 0 Å². The fraction of sp³-hybridized carbons (Fsp3) is 0.393. The van der Waals surface area contributed by atoms with E-state index >= 15 is 0 Å². The van der Waals surface area contributed by atoms with Gasteiger partial charge in [0.25, 0.3) is 5.89 Å². The number of esters is 1. The number of ether oxygens (including phenoxy) is 1. The van der Waals surface area contributed by atoms with Crippen molar-refractivity contribution in [3.63, 3.8) is 0 Å². The summed E-state index contributed by atoms with van der Waals surface area (Å²) in [7, 11) is 1.36. The number of amides is 1. The van der Waals surface area contributed by atoms with Crippen LogP contribution in [0.3, 0.4) is 0 Å². The molecule has 0 saturated heterocycles. The third-order valence-electron chi connectivity index (χ3n) is 6.85. The third kappa shape index (κ3) is 4.57. The summed E-state index contributed by atoms with van der Waals surface area (Å²) >= 11 is 1.29. The summed E-state index contributed by atoms with van der Waals surface area (Å²) in [5, 5.41) is 0. The number of rotatable bonds is 6. The second-order valence-corrected chi connectivity index (χ2v) is 10.8. The van der Waals surface area contributed by atoms with E-state index in [-0.39, 0.29) is 17.9 Å². The van der Waals surface area contributed by atoms with Crippen molar-refractivity contribution in [3.05, 3.63) is 47.5 Å². The van der Waals surface area contributed by atoms with Crippen molar-refractivity contribution in [1.82, 2.24) is 4.98 Å². The Morgan fingerprint density at radius 2 is 1.89 bits per heavy atom.